The number of ether oxygens (including phenoxy) is 4. The zero-order chi connectivity index (χ0) is 22.2. The van der Waals surface area contributed by atoms with Crippen molar-refractivity contribution in [3.05, 3.63) is 60.0 Å². The maximum absolute atomic E-state index is 6.34. The van der Waals surface area contributed by atoms with Crippen LogP contribution in [0.4, 0.5) is 0 Å². The van der Waals surface area contributed by atoms with Gasteiger partial charge in [-0.3, -0.25) is 0 Å². The highest BCUT2D eigenvalue weighted by molar-refractivity contribution is 5.21. The van der Waals surface area contributed by atoms with E-state index in [1.54, 1.807) is 7.11 Å². The molecule has 3 aliphatic rings. The fourth-order valence-electron chi connectivity index (χ4n) is 5.35. The lowest BCUT2D eigenvalue weighted by molar-refractivity contribution is -0.126. The van der Waals surface area contributed by atoms with Crippen LogP contribution in [0.5, 0.6) is 0 Å². The minimum absolute atomic E-state index is 0.0853. The fraction of sp³-hybridized carbons (Fsp3) is 0.615. The summed E-state index contributed by atoms with van der Waals surface area (Å²) in [6, 6.07) is 10.4. The topological polar surface area (TPSA) is 55.5 Å². The Kier molecular flexibility index (Phi) is 6.21. The van der Waals surface area contributed by atoms with Crippen LogP contribution >= 0.6 is 0 Å². The number of benzene rings is 1. The number of rotatable bonds is 9. The third kappa shape index (κ3) is 4.55. The van der Waals surface area contributed by atoms with Crippen molar-refractivity contribution in [1.29, 1.82) is 0 Å². The summed E-state index contributed by atoms with van der Waals surface area (Å²) in [5, 5.41) is 3.39. The largest absolute Gasteiger partial charge is 0.474 e. The van der Waals surface area contributed by atoms with Gasteiger partial charge in [0.1, 0.15) is 23.4 Å². The van der Waals surface area contributed by atoms with E-state index in [4.69, 9.17) is 18.9 Å². The van der Waals surface area contributed by atoms with Crippen molar-refractivity contribution in [2.24, 2.45) is 5.92 Å². The monoisotopic (exact) mass is 427 g/mol. The Balaban J connectivity index is 1.43. The summed E-state index contributed by atoms with van der Waals surface area (Å²) in [5.74, 6) is 0.719. The molecule has 5 heteroatoms. The Morgan fingerprint density at radius 1 is 1.32 bits per heavy atom. The quantitative estimate of drug-likeness (QED) is 0.345. The summed E-state index contributed by atoms with van der Waals surface area (Å²) in [5.41, 5.74) is 2.12. The van der Waals surface area contributed by atoms with Crippen molar-refractivity contribution in [3.8, 4) is 0 Å². The first-order valence-corrected chi connectivity index (χ1v) is 11.4. The van der Waals surface area contributed by atoms with Gasteiger partial charge in [0, 0.05) is 7.11 Å². The molecule has 3 fully saturated rings. The molecule has 0 radical (unpaired) electrons. The second kappa shape index (κ2) is 8.61. The van der Waals surface area contributed by atoms with Crippen LogP contribution in [0.15, 0.2) is 54.4 Å². The lowest BCUT2D eigenvalue weighted by atomic mass is 9.68. The van der Waals surface area contributed by atoms with Gasteiger partial charge >= 0.3 is 0 Å². The van der Waals surface area contributed by atoms with Gasteiger partial charge in [0.2, 0.25) is 0 Å². The summed E-state index contributed by atoms with van der Waals surface area (Å²) in [7, 11) is 1.77. The Bertz CT molecular complexity index is 814. The van der Waals surface area contributed by atoms with Gasteiger partial charge in [-0.2, -0.15) is 0 Å². The molecule has 1 N–H and O–H groups in total. The van der Waals surface area contributed by atoms with Gasteiger partial charge in [0.15, 0.2) is 5.88 Å². The van der Waals surface area contributed by atoms with Crippen molar-refractivity contribution >= 4 is 0 Å². The zero-order valence-electron chi connectivity index (χ0n) is 19.5. The van der Waals surface area contributed by atoms with E-state index in [-0.39, 0.29) is 41.5 Å². The van der Waals surface area contributed by atoms with Crippen LogP contribution in [-0.2, 0) is 18.9 Å². The highest BCUT2D eigenvalue weighted by Crippen LogP contribution is 2.59. The lowest BCUT2D eigenvalue weighted by Crippen LogP contribution is -2.55. The average Bonchev–Trinajstić information content (AvgIpc) is 3.65. The number of hydrogen-bond acceptors (Lipinski definition) is 5. The van der Waals surface area contributed by atoms with Gasteiger partial charge in [-0.05, 0) is 59.1 Å². The predicted molar refractivity (Wildman–Crippen MR) is 122 cm³/mol. The van der Waals surface area contributed by atoms with Crippen LogP contribution in [-0.4, -0.2) is 43.2 Å². The summed E-state index contributed by atoms with van der Waals surface area (Å²) in [6.45, 7) is 13.5. The van der Waals surface area contributed by atoms with Crippen LogP contribution in [0, 0.1) is 5.92 Å². The molecule has 0 bridgehead atoms. The SMILES string of the molecule is C=C(N[C@H](C)c1ccccc1)O[C@@H]1CC[C@]2(CO2)[C@@H]([C@@]2(C)O[C@@H]2CC=C(C)C)[C@@H]1OC. The Hall–Kier alpha value is -1.82. The highest BCUT2D eigenvalue weighted by Gasteiger charge is 2.72. The third-order valence-electron chi connectivity index (χ3n) is 7.21. The Labute approximate surface area is 186 Å². The average molecular weight is 428 g/mol. The molecule has 2 heterocycles. The normalized spacial score (nSPS) is 37.1. The predicted octanol–water partition coefficient (Wildman–Crippen LogP) is 4.90. The first-order chi connectivity index (χ1) is 14.8. The number of methoxy groups -OCH3 is 1. The van der Waals surface area contributed by atoms with Gasteiger partial charge in [-0.25, -0.2) is 0 Å². The molecule has 7 atom stereocenters. The second-order valence-electron chi connectivity index (χ2n) is 9.73. The molecule has 1 spiro atoms. The minimum atomic E-state index is -0.253. The standard InChI is InChI=1S/C26H37NO4/c1-17(2)12-13-22-25(5,31-22)24-23(28-6)21(14-15-26(24)16-29-26)30-19(4)27-18(3)20-10-8-7-9-11-20/h7-12,18,21-24,27H,4,13-16H2,1-3,5-6H3/t18-,21-,22-,23-,24-,25+,26+/m1/s1. The number of epoxide rings is 2. The van der Waals surface area contributed by atoms with Crippen molar-refractivity contribution < 1.29 is 18.9 Å². The van der Waals surface area contributed by atoms with Crippen molar-refractivity contribution in [2.45, 2.75) is 82.5 Å². The molecule has 4 rings (SSSR count). The zero-order valence-corrected chi connectivity index (χ0v) is 19.5. The Morgan fingerprint density at radius 2 is 2.03 bits per heavy atom. The Morgan fingerprint density at radius 3 is 2.65 bits per heavy atom. The molecule has 0 aromatic heterocycles. The van der Waals surface area contributed by atoms with E-state index in [1.165, 1.54) is 11.1 Å². The summed E-state index contributed by atoms with van der Waals surface area (Å²) in [4.78, 5) is 0. The molecular formula is C26H37NO4. The molecule has 0 unspecified atom stereocenters. The van der Waals surface area contributed by atoms with Crippen LogP contribution in [0.1, 0.15) is 58.6 Å². The molecule has 170 valence electrons. The van der Waals surface area contributed by atoms with E-state index in [9.17, 15) is 0 Å². The van der Waals surface area contributed by atoms with Crippen LogP contribution in [0.2, 0.25) is 0 Å². The van der Waals surface area contributed by atoms with E-state index in [1.807, 2.05) is 18.2 Å². The van der Waals surface area contributed by atoms with E-state index >= 15 is 0 Å². The molecule has 0 amide bonds. The summed E-state index contributed by atoms with van der Waals surface area (Å²) < 4.78 is 24.7. The molecule has 2 saturated heterocycles. The molecule has 1 aromatic rings. The first-order valence-electron chi connectivity index (χ1n) is 11.4. The van der Waals surface area contributed by atoms with Gasteiger partial charge in [-0.1, -0.05) is 42.0 Å². The molecule has 5 nitrogen and oxygen atoms in total. The van der Waals surface area contributed by atoms with Crippen molar-refractivity contribution in [1.82, 2.24) is 5.32 Å². The van der Waals surface area contributed by atoms with Crippen LogP contribution in [0.25, 0.3) is 0 Å². The van der Waals surface area contributed by atoms with Crippen molar-refractivity contribution in [3.63, 3.8) is 0 Å². The summed E-state index contributed by atoms with van der Waals surface area (Å²) in [6.07, 6.45) is 5.02. The second-order valence-corrected chi connectivity index (χ2v) is 9.73. The van der Waals surface area contributed by atoms with Crippen LogP contribution < -0.4 is 5.32 Å². The lowest BCUT2D eigenvalue weighted by Gasteiger charge is -2.43. The molecule has 1 aliphatic carbocycles. The fourth-order valence-corrected chi connectivity index (χ4v) is 5.35. The van der Waals surface area contributed by atoms with Gasteiger partial charge in [0.05, 0.1) is 24.7 Å². The number of nitrogens with one attached hydrogen (secondary N) is 1. The van der Waals surface area contributed by atoms with E-state index in [0.717, 1.165) is 25.9 Å². The maximum Gasteiger partial charge on any atom is 0.180 e. The van der Waals surface area contributed by atoms with E-state index in [2.05, 4.69) is 57.8 Å². The molecule has 1 saturated carbocycles. The van der Waals surface area contributed by atoms with Gasteiger partial charge < -0.3 is 24.3 Å². The van der Waals surface area contributed by atoms with Crippen molar-refractivity contribution in [2.75, 3.05) is 13.7 Å². The minimum Gasteiger partial charge on any atom is -0.474 e. The smallest absolute Gasteiger partial charge is 0.180 e. The third-order valence-corrected chi connectivity index (χ3v) is 7.21. The number of hydrogen-bond donors (Lipinski definition) is 1. The van der Waals surface area contributed by atoms with Gasteiger partial charge in [-0.15, -0.1) is 0 Å². The summed E-state index contributed by atoms with van der Waals surface area (Å²) >= 11 is 0. The first kappa shape index (κ1) is 22.4. The van der Waals surface area contributed by atoms with E-state index < -0.39 is 0 Å². The van der Waals surface area contributed by atoms with E-state index in [0.29, 0.717) is 5.88 Å². The number of allylic oxidation sites excluding steroid dienone is 1. The van der Waals surface area contributed by atoms with Gasteiger partial charge in [0.25, 0.3) is 0 Å². The van der Waals surface area contributed by atoms with Crippen LogP contribution in [0.3, 0.4) is 0 Å². The molecular weight excluding hydrogens is 390 g/mol. The highest BCUT2D eigenvalue weighted by atomic mass is 16.6. The maximum atomic E-state index is 6.34. The molecule has 31 heavy (non-hydrogen) atoms. The molecule has 2 aliphatic heterocycles. The molecule has 1 aromatic carbocycles.